The Kier molecular flexibility index (Phi) is 4.11. The van der Waals surface area contributed by atoms with Crippen LogP contribution in [0.1, 0.15) is 13.3 Å². The molecule has 0 saturated carbocycles. The third-order valence-corrected chi connectivity index (χ3v) is 4.21. The highest BCUT2D eigenvalue weighted by Gasteiger charge is 2.13. The van der Waals surface area contributed by atoms with Crippen molar-refractivity contribution in [2.24, 2.45) is 0 Å². The second kappa shape index (κ2) is 5.39. The number of nitrogens with one attached hydrogen (secondary N) is 1. The first-order valence-corrected chi connectivity index (χ1v) is 6.77. The van der Waals surface area contributed by atoms with E-state index in [-0.39, 0.29) is 0 Å². The third-order valence-electron chi connectivity index (χ3n) is 2.97. The van der Waals surface area contributed by atoms with Crippen LogP contribution in [0.5, 0.6) is 0 Å². The van der Waals surface area contributed by atoms with Crippen LogP contribution in [0.25, 0.3) is 0 Å². The summed E-state index contributed by atoms with van der Waals surface area (Å²) in [5, 5.41) is 4.27. The molecule has 0 radical (unpaired) electrons. The third kappa shape index (κ3) is 2.90. The topological polar surface area (TPSA) is 15.3 Å². The van der Waals surface area contributed by atoms with Gasteiger partial charge >= 0.3 is 0 Å². The highest BCUT2D eigenvalue weighted by atomic mass is 79.9. The van der Waals surface area contributed by atoms with Gasteiger partial charge < -0.3 is 10.2 Å². The molecule has 4 heteroatoms. The summed E-state index contributed by atoms with van der Waals surface area (Å²) in [6, 6.07) is 6.77. The normalized spacial score (nSPS) is 21.9. The highest BCUT2D eigenvalue weighted by molar-refractivity contribution is 9.10. The first kappa shape index (κ1) is 12.2. The Morgan fingerprint density at radius 3 is 3.00 bits per heavy atom. The van der Waals surface area contributed by atoms with Gasteiger partial charge in [-0.2, -0.15) is 0 Å². The monoisotopic (exact) mass is 302 g/mol. The van der Waals surface area contributed by atoms with Gasteiger partial charge in [0.1, 0.15) is 0 Å². The summed E-state index contributed by atoms with van der Waals surface area (Å²) < 4.78 is 0.958. The molecule has 0 amide bonds. The maximum absolute atomic E-state index is 6.11. The fraction of sp³-hybridized carbons (Fsp3) is 0.500. The summed E-state index contributed by atoms with van der Waals surface area (Å²) >= 11 is 9.53. The first-order valence-electron chi connectivity index (χ1n) is 5.60. The van der Waals surface area contributed by atoms with Crippen LogP contribution in [0.4, 0.5) is 5.69 Å². The predicted octanol–water partition coefficient (Wildman–Crippen LogP) is 3.29. The number of nitrogens with zero attached hydrogens (tertiary/aromatic N) is 1. The zero-order valence-corrected chi connectivity index (χ0v) is 11.7. The van der Waals surface area contributed by atoms with Crippen LogP contribution in [0.15, 0.2) is 22.7 Å². The van der Waals surface area contributed by atoms with Gasteiger partial charge in [-0.25, -0.2) is 0 Å². The lowest BCUT2D eigenvalue weighted by atomic mass is 10.2. The van der Waals surface area contributed by atoms with Gasteiger partial charge in [-0.05, 0) is 47.5 Å². The number of halogens is 2. The van der Waals surface area contributed by atoms with Crippen LogP contribution >= 0.6 is 27.5 Å². The van der Waals surface area contributed by atoms with E-state index in [1.54, 1.807) is 0 Å². The molecule has 1 N–H and O–H groups in total. The summed E-state index contributed by atoms with van der Waals surface area (Å²) in [7, 11) is 0. The molecule has 16 heavy (non-hydrogen) atoms. The number of rotatable bonds is 1. The molecule has 1 saturated heterocycles. The summed E-state index contributed by atoms with van der Waals surface area (Å²) in [4.78, 5) is 2.38. The van der Waals surface area contributed by atoms with Crippen molar-refractivity contribution in [3.63, 3.8) is 0 Å². The van der Waals surface area contributed by atoms with Crippen molar-refractivity contribution in [2.45, 2.75) is 19.4 Å². The van der Waals surface area contributed by atoms with Crippen LogP contribution in [-0.4, -0.2) is 25.7 Å². The SMILES string of the molecule is CC1CCN(c2ccc(Br)c(Cl)c2)CCN1. The fourth-order valence-corrected chi connectivity index (χ4v) is 2.37. The molecule has 0 spiro atoms. The Morgan fingerprint density at radius 1 is 1.44 bits per heavy atom. The van der Waals surface area contributed by atoms with Crippen LogP contribution in [-0.2, 0) is 0 Å². The van der Waals surface area contributed by atoms with E-state index in [1.807, 2.05) is 12.1 Å². The number of benzene rings is 1. The molecule has 88 valence electrons. The Labute approximate surface area is 110 Å². The van der Waals surface area contributed by atoms with Crippen molar-refractivity contribution in [1.82, 2.24) is 5.32 Å². The highest BCUT2D eigenvalue weighted by Crippen LogP contribution is 2.27. The molecule has 1 aliphatic rings. The molecule has 2 rings (SSSR count). The quantitative estimate of drug-likeness (QED) is 0.856. The Hall–Kier alpha value is -0.250. The summed E-state index contributed by atoms with van der Waals surface area (Å²) in [6.07, 6.45) is 1.17. The van der Waals surface area contributed by atoms with Gasteiger partial charge in [-0.15, -0.1) is 0 Å². The molecule has 0 bridgehead atoms. The Balaban J connectivity index is 2.13. The Bertz CT molecular complexity index is 370. The van der Waals surface area contributed by atoms with E-state index in [0.29, 0.717) is 6.04 Å². The lowest BCUT2D eigenvalue weighted by Crippen LogP contribution is -2.28. The molecule has 0 aromatic heterocycles. The van der Waals surface area contributed by atoms with Crippen molar-refractivity contribution >= 4 is 33.2 Å². The van der Waals surface area contributed by atoms with E-state index in [4.69, 9.17) is 11.6 Å². The molecule has 2 nitrogen and oxygen atoms in total. The van der Waals surface area contributed by atoms with E-state index < -0.39 is 0 Å². The van der Waals surface area contributed by atoms with Gasteiger partial charge in [0.15, 0.2) is 0 Å². The molecular formula is C12H16BrClN2. The number of hydrogen-bond donors (Lipinski definition) is 1. The molecule has 1 heterocycles. The largest absolute Gasteiger partial charge is 0.370 e. The van der Waals surface area contributed by atoms with E-state index in [2.05, 4.69) is 39.1 Å². The van der Waals surface area contributed by atoms with Gasteiger partial charge in [0, 0.05) is 35.8 Å². The fourth-order valence-electron chi connectivity index (χ4n) is 1.95. The van der Waals surface area contributed by atoms with Crippen molar-refractivity contribution in [3.05, 3.63) is 27.7 Å². The molecule has 1 atom stereocenters. The summed E-state index contributed by atoms with van der Waals surface area (Å²) in [5.41, 5.74) is 1.21. The van der Waals surface area contributed by atoms with E-state index >= 15 is 0 Å². The molecular weight excluding hydrogens is 288 g/mol. The minimum Gasteiger partial charge on any atom is -0.370 e. The lowest BCUT2D eigenvalue weighted by molar-refractivity contribution is 0.566. The van der Waals surface area contributed by atoms with Crippen LogP contribution in [0.3, 0.4) is 0 Å². The standard InChI is InChI=1S/C12H16BrClN2/c1-9-4-6-16(7-5-15-9)10-2-3-11(13)12(14)8-10/h2-3,8-9,15H,4-7H2,1H3. The van der Waals surface area contributed by atoms with Gasteiger partial charge in [-0.1, -0.05) is 11.6 Å². The molecule has 1 aromatic carbocycles. The van der Waals surface area contributed by atoms with E-state index in [9.17, 15) is 0 Å². The van der Waals surface area contributed by atoms with Crippen LogP contribution in [0, 0.1) is 0 Å². The van der Waals surface area contributed by atoms with Crippen molar-refractivity contribution < 1.29 is 0 Å². The van der Waals surface area contributed by atoms with E-state index in [1.165, 1.54) is 12.1 Å². The molecule has 1 unspecified atom stereocenters. The molecule has 1 fully saturated rings. The second-order valence-corrected chi connectivity index (χ2v) is 5.49. The molecule has 1 aromatic rings. The van der Waals surface area contributed by atoms with Gasteiger partial charge in [0.25, 0.3) is 0 Å². The predicted molar refractivity (Wildman–Crippen MR) is 73.4 cm³/mol. The Morgan fingerprint density at radius 2 is 2.25 bits per heavy atom. The van der Waals surface area contributed by atoms with Crippen LogP contribution < -0.4 is 10.2 Å². The van der Waals surface area contributed by atoms with Crippen molar-refractivity contribution in [2.75, 3.05) is 24.5 Å². The zero-order chi connectivity index (χ0) is 11.5. The van der Waals surface area contributed by atoms with E-state index in [0.717, 1.165) is 29.1 Å². The maximum atomic E-state index is 6.11. The second-order valence-electron chi connectivity index (χ2n) is 4.23. The van der Waals surface area contributed by atoms with Gasteiger partial charge in [0.05, 0.1) is 5.02 Å². The van der Waals surface area contributed by atoms with Crippen molar-refractivity contribution in [1.29, 1.82) is 0 Å². The van der Waals surface area contributed by atoms with Crippen molar-refractivity contribution in [3.8, 4) is 0 Å². The number of anilines is 1. The maximum Gasteiger partial charge on any atom is 0.0568 e. The summed E-state index contributed by atoms with van der Waals surface area (Å²) in [6.45, 7) is 5.40. The molecule has 1 aliphatic heterocycles. The summed E-state index contributed by atoms with van der Waals surface area (Å²) in [5.74, 6) is 0. The van der Waals surface area contributed by atoms with Crippen LogP contribution in [0.2, 0.25) is 5.02 Å². The smallest absolute Gasteiger partial charge is 0.0568 e. The number of hydrogen-bond acceptors (Lipinski definition) is 2. The lowest BCUT2D eigenvalue weighted by Gasteiger charge is -2.22. The first-order chi connectivity index (χ1) is 7.66. The average molecular weight is 304 g/mol. The zero-order valence-electron chi connectivity index (χ0n) is 9.34. The minimum absolute atomic E-state index is 0.607. The minimum atomic E-state index is 0.607. The molecule has 0 aliphatic carbocycles. The average Bonchev–Trinajstić information content (AvgIpc) is 2.47. The van der Waals surface area contributed by atoms with Gasteiger partial charge in [-0.3, -0.25) is 0 Å². The van der Waals surface area contributed by atoms with Gasteiger partial charge in [0.2, 0.25) is 0 Å².